The van der Waals surface area contributed by atoms with Crippen LogP contribution in [-0.2, 0) is 0 Å². The van der Waals surface area contributed by atoms with Crippen molar-refractivity contribution in [3.05, 3.63) is 94.3 Å². The van der Waals surface area contributed by atoms with Crippen molar-refractivity contribution < 1.29 is 9.84 Å². The first-order chi connectivity index (χ1) is 14.1. The quantitative estimate of drug-likeness (QED) is 0.516. The van der Waals surface area contributed by atoms with Crippen LogP contribution in [0, 0.1) is 6.92 Å². The molecule has 0 aliphatic heterocycles. The number of rotatable bonds is 4. The summed E-state index contributed by atoms with van der Waals surface area (Å²) in [6, 6.07) is 21.9. The van der Waals surface area contributed by atoms with Crippen LogP contribution in [0.15, 0.2) is 82.6 Å². The molecule has 0 amide bonds. The van der Waals surface area contributed by atoms with E-state index in [1.807, 2.05) is 43.3 Å². The zero-order valence-corrected chi connectivity index (χ0v) is 16.2. The summed E-state index contributed by atoms with van der Waals surface area (Å²) >= 11 is 0. The number of hydrogen-bond donors (Lipinski definition) is 1. The van der Waals surface area contributed by atoms with Crippen LogP contribution in [0.4, 0.5) is 5.69 Å². The van der Waals surface area contributed by atoms with Gasteiger partial charge in [-0.25, -0.2) is 4.57 Å². The highest BCUT2D eigenvalue weighted by molar-refractivity contribution is 6.02. The van der Waals surface area contributed by atoms with E-state index in [4.69, 9.17) is 4.74 Å². The van der Waals surface area contributed by atoms with Gasteiger partial charge in [-0.3, -0.25) is 9.79 Å². The van der Waals surface area contributed by atoms with Gasteiger partial charge in [-0.15, -0.1) is 0 Å². The fraction of sp³-hybridized carbons (Fsp3) is 0.0833. The second kappa shape index (κ2) is 7.64. The van der Waals surface area contributed by atoms with Crippen molar-refractivity contribution in [2.45, 2.75) is 6.92 Å². The maximum Gasteiger partial charge on any atom is 0.265 e. The number of aryl methyl sites for hydroxylation is 1. The Labute approximate surface area is 168 Å². The summed E-state index contributed by atoms with van der Waals surface area (Å²) in [6.45, 7) is 1.98. The first kappa shape index (κ1) is 18.5. The summed E-state index contributed by atoms with van der Waals surface area (Å²) in [5.41, 5.74) is 2.56. The van der Waals surface area contributed by atoms with E-state index < -0.39 is 0 Å². The summed E-state index contributed by atoms with van der Waals surface area (Å²) in [6.07, 6.45) is 1.61. The van der Waals surface area contributed by atoms with Crippen LogP contribution in [0.1, 0.15) is 11.1 Å². The van der Waals surface area contributed by atoms with Crippen molar-refractivity contribution in [2.24, 2.45) is 4.99 Å². The molecule has 1 N–H and O–H groups in total. The second-order valence-corrected chi connectivity index (χ2v) is 6.67. The fourth-order valence-electron chi connectivity index (χ4n) is 3.30. The van der Waals surface area contributed by atoms with Crippen molar-refractivity contribution >= 4 is 22.7 Å². The predicted octanol–water partition coefficient (Wildman–Crippen LogP) is 4.76. The van der Waals surface area contributed by atoms with Gasteiger partial charge in [0.1, 0.15) is 5.75 Å². The number of fused-ring (bicyclic) bond motifs is 1. The molecule has 0 atom stereocenters. The summed E-state index contributed by atoms with van der Waals surface area (Å²) < 4.78 is 6.48. The van der Waals surface area contributed by atoms with Gasteiger partial charge >= 0.3 is 0 Å². The molecule has 5 heteroatoms. The highest BCUT2D eigenvalue weighted by Crippen LogP contribution is 2.27. The van der Waals surface area contributed by atoms with E-state index in [0.29, 0.717) is 27.8 Å². The number of para-hydroxylation sites is 1. The zero-order chi connectivity index (χ0) is 20.4. The van der Waals surface area contributed by atoms with Crippen molar-refractivity contribution in [1.29, 1.82) is 0 Å². The summed E-state index contributed by atoms with van der Waals surface area (Å²) in [5, 5.41) is 12.2. The molecule has 1 heterocycles. The maximum atomic E-state index is 13.1. The molecule has 0 bridgehead atoms. The lowest BCUT2D eigenvalue weighted by molar-refractivity contribution is 0.414. The molecule has 0 aliphatic rings. The number of nitrogens with zero attached hydrogens (tertiary/aromatic N) is 2. The molecular weight excluding hydrogens is 364 g/mol. The van der Waals surface area contributed by atoms with Gasteiger partial charge in [-0.1, -0.05) is 36.4 Å². The third-order valence-corrected chi connectivity index (χ3v) is 4.88. The number of aromatic nitrogens is 1. The minimum Gasteiger partial charge on any atom is -0.497 e. The number of aliphatic imine (C=N–C) groups is 1. The average molecular weight is 384 g/mol. The van der Waals surface area contributed by atoms with Crippen LogP contribution in [-0.4, -0.2) is 23.0 Å². The van der Waals surface area contributed by atoms with E-state index in [9.17, 15) is 9.90 Å². The molecular formula is C24H20N2O3. The van der Waals surface area contributed by atoms with E-state index >= 15 is 0 Å². The molecule has 4 rings (SSSR count). The molecule has 4 aromatic rings. The smallest absolute Gasteiger partial charge is 0.265 e. The third kappa shape index (κ3) is 3.38. The predicted molar refractivity (Wildman–Crippen MR) is 116 cm³/mol. The molecule has 0 saturated heterocycles. The molecule has 0 unspecified atom stereocenters. The third-order valence-electron chi connectivity index (χ3n) is 4.88. The normalized spacial score (nSPS) is 11.2. The highest BCUT2D eigenvalue weighted by Gasteiger charge is 2.16. The van der Waals surface area contributed by atoms with Gasteiger partial charge in [0, 0.05) is 17.0 Å². The van der Waals surface area contributed by atoms with Gasteiger partial charge in [0.05, 0.1) is 24.0 Å². The van der Waals surface area contributed by atoms with E-state index in [-0.39, 0.29) is 11.4 Å². The molecule has 0 spiro atoms. The Morgan fingerprint density at radius 1 is 0.931 bits per heavy atom. The monoisotopic (exact) mass is 384 g/mol. The lowest BCUT2D eigenvalue weighted by Gasteiger charge is -2.14. The Bertz CT molecular complexity index is 1270. The minimum atomic E-state index is -0.295. The lowest BCUT2D eigenvalue weighted by Crippen LogP contribution is -2.20. The second-order valence-electron chi connectivity index (χ2n) is 6.67. The standard InChI is InChI=1S/C24H20N2O3/c1-16-7-3-6-10-22(16)25-15-21-19-8-4-5-9-20(19)23(27)26(24(21)28)17-11-13-18(29-2)14-12-17/h3-15,28H,1-2H3. The highest BCUT2D eigenvalue weighted by atomic mass is 16.5. The van der Waals surface area contributed by atoms with Gasteiger partial charge < -0.3 is 9.84 Å². The van der Waals surface area contributed by atoms with Gasteiger partial charge in [0.2, 0.25) is 5.88 Å². The average Bonchev–Trinajstić information content (AvgIpc) is 2.75. The molecule has 0 aliphatic carbocycles. The van der Waals surface area contributed by atoms with Crippen molar-refractivity contribution in [3.8, 4) is 17.3 Å². The van der Waals surface area contributed by atoms with E-state index in [0.717, 1.165) is 11.3 Å². The number of benzene rings is 3. The molecule has 0 radical (unpaired) electrons. The molecule has 0 saturated carbocycles. The number of ether oxygens (including phenoxy) is 1. The van der Waals surface area contributed by atoms with Crippen LogP contribution in [0.5, 0.6) is 11.6 Å². The van der Waals surface area contributed by atoms with Gasteiger partial charge in [0.25, 0.3) is 5.56 Å². The minimum absolute atomic E-state index is 0.156. The van der Waals surface area contributed by atoms with Crippen LogP contribution < -0.4 is 10.3 Å². The first-order valence-corrected chi connectivity index (χ1v) is 9.21. The first-order valence-electron chi connectivity index (χ1n) is 9.21. The topological polar surface area (TPSA) is 63.8 Å². The zero-order valence-electron chi connectivity index (χ0n) is 16.2. The Kier molecular flexibility index (Phi) is 4.87. The molecule has 144 valence electrons. The molecule has 1 aromatic heterocycles. The number of hydrogen-bond acceptors (Lipinski definition) is 4. The van der Waals surface area contributed by atoms with Crippen LogP contribution >= 0.6 is 0 Å². The van der Waals surface area contributed by atoms with Crippen LogP contribution in [0.3, 0.4) is 0 Å². The van der Waals surface area contributed by atoms with Crippen molar-refractivity contribution in [3.63, 3.8) is 0 Å². The van der Waals surface area contributed by atoms with Gasteiger partial charge in [-0.05, 0) is 48.9 Å². The van der Waals surface area contributed by atoms with E-state index in [1.165, 1.54) is 4.57 Å². The van der Waals surface area contributed by atoms with Gasteiger partial charge in [-0.2, -0.15) is 0 Å². The molecule has 3 aromatic carbocycles. The number of methoxy groups -OCH3 is 1. The molecule has 29 heavy (non-hydrogen) atoms. The SMILES string of the molecule is COc1ccc(-n2c(O)c(C=Nc3ccccc3C)c3ccccc3c2=O)cc1. The maximum absolute atomic E-state index is 13.1. The molecule has 5 nitrogen and oxygen atoms in total. The largest absolute Gasteiger partial charge is 0.497 e. The fourth-order valence-corrected chi connectivity index (χ4v) is 3.30. The lowest BCUT2D eigenvalue weighted by atomic mass is 10.1. The van der Waals surface area contributed by atoms with Crippen LogP contribution in [0.25, 0.3) is 16.5 Å². The van der Waals surface area contributed by atoms with E-state index in [1.54, 1.807) is 49.7 Å². The Morgan fingerprint density at radius 3 is 2.28 bits per heavy atom. The number of pyridine rings is 1. The Hall–Kier alpha value is -3.86. The number of aromatic hydroxyl groups is 1. The van der Waals surface area contributed by atoms with Crippen molar-refractivity contribution in [2.75, 3.05) is 7.11 Å². The molecule has 0 fully saturated rings. The Balaban J connectivity index is 1.96. The van der Waals surface area contributed by atoms with Crippen molar-refractivity contribution in [1.82, 2.24) is 4.57 Å². The Morgan fingerprint density at radius 2 is 1.59 bits per heavy atom. The van der Waals surface area contributed by atoms with Crippen LogP contribution in [0.2, 0.25) is 0 Å². The van der Waals surface area contributed by atoms with E-state index in [2.05, 4.69) is 4.99 Å². The summed E-state index contributed by atoms with van der Waals surface area (Å²) in [7, 11) is 1.58. The summed E-state index contributed by atoms with van der Waals surface area (Å²) in [4.78, 5) is 17.7. The van der Waals surface area contributed by atoms with Gasteiger partial charge in [0.15, 0.2) is 0 Å². The summed E-state index contributed by atoms with van der Waals surface area (Å²) in [5.74, 6) is 0.514.